The summed E-state index contributed by atoms with van der Waals surface area (Å²) in [4.78, 5) is 1.31. The lowest BCUT2D eigenvalue weighted by molar-refractivity contribution is 0.776. The molecule has 0 saturated heterocycles. The Morgan fingerprint density at radius 2 is 1.77 bits per heavy atom. The van der Waals surface area contributed by atoms with Gasteiger partial charge in [0.25, 0.3) is 0 Å². The summed E-state index contributed by atoms with van der Waals surface area (Å²) in [6, 6.07) is 15.7. The summed E-state index contributed by atoms with van der Waals surface area (Å²) >= 11 is 1.88. The van der Waals surface area contributed by atoms with E-state index < -0.39 is 0 Å². The molecule has 30 heavy (non-hydrogen) atoms. The molecule has 0 radical (unpaired) electrons. The van der Waals surface area contributed by atoms with Crippen molar-refractivity contribution >= 4 is 27.0 Å². The minimum Gasteiger partial charge on any atom is -0.135 e. The number of hydrogen-bond donors (Lipinski definition) is 0. The Morgan fingerprint density at radius 3 is 2.53 bits per heavy atom. The van der Waals surface area contributed by atoms with Crippen LogP contribution in [0.5, 0.6) is 0 Å². The number of benzene rings is 2. The Kier molecular flexibility index (Phi) is 6.20. The van der Waals surface area contributed by atoms with Crippen LogP contribution >= 0.6 is 11.3 Å². The molecule has 0 aliphatic heterocycles. The van der Waals surface area contributed by atoms with Crippen molar-refractivity contribution in [2.75, 3.05) is 0 Å². The molecular formula is C29H30S. The molecule has 3 aromatic rings. The number of rotatable bonds is 6. The summed E-state index contributed by atoms with van der Waals surface area (Å²) in [6.07, 6.45) is 13.9. The fourth-order valence-corrected chi connectivity index (χ4v) is 5.35. The second-order valence-corrected chi connectivity index (χ2v) is 9.36. The minimum atomic E-state index is 1.04. The Hall–Kier alpha value is -2.64. The molecule has 2 aromatic carbocycles. The maximum atomic E-state index is 4.58. The second-order valence-electron chi connectivity index (χ2n) is 8.31. The predicted octanol–water partition coefficient (Wildman–Crippen LogP) is 9.20. The highest BCUT2D eigenvalue weighted by Crippen LogP contribution is 2.44. The molecule has 4 rings (SSSR count). The maximum absolute atomic E-state index is 4.58. The first-order chi connectivity index (χ1) is 14.6. The first kappa shape index (κ1) is 20.6. The zero-order valence-corrected chi connectivity index (χ0v) is 19.1. The number of aryl methyl sites for hydroxylation is 2. The Bertz CT molecular complexity index is 1160. The number of allylic oxidation sites excluding steroid dienone is 7. The van der Waals surface area contributed by atoms with E-state index in [1.54, 1.807) is 0 Å². The van der Waals surface area contributed by atoms with Crippen LogP contribution in [-0.4, -0.2) is 0 Å². The molecule has 1 aliphatic carbocycles. The van der Waals surface area contributed by atoms with Crippen molar-refractivity contribution in [2.45, 2.75) is 46.5 Å². The van der Waals surface area contributed by atoms with Gasteiger partial charge in [0.1, 0.15) is 0 Å². The summed E-state index contributed by atoms with van der Waals surface area (Å²) in [7, 11) is 0. The third-order valence-corrected chi connectivity index (χ3v) is 7.04. The molecule has 0 atom stereocenters. The largest absolute Gasteiger partial charge is 0.135 e. The fraction of sp³-hybridized carbons (Fsp3) is 0.241. The number of unbranched alkanes of at least 4 members (excludes halogenated alkanes) is 1. The Morgan fingerprint density at radius 1 is 1.00 bits per heavy atom. The van der Waals surface area contributed by atoms with Crippen LogP contribution in [0, 0.1) is 13.8 Å². The highest BCUT2D eigenvalue weighted by Gasteiger charge is 2.18. The van der Waals surface area contributed by atoms with Crippen molar-refractivity contribution in [2.24, 2.45) is 0 Å². The van der Waals surface area contributed by atoms with Gasteiger partial charge in [0.05, 0.1) is 0 Å². The molecule has 0 saturated carbocycles. The van der Waals surface area contributed by atoms with Gasteiger partial charge in [0, 0.05) is 20.5 Å². The van der Waals surface area contributed by atoms with Crippen LogP contribution in [-0.2, 0) is 0 Å². The van der Waals surface area contributed by atoms with E-state index in [2.05, 4.69) is 94.1 Å². The summed E-state index contributed by atoms with van der Waals surface area (Å²) in [5.41, 5.74) is 8.98. The van der Waals surface area contributed by atoms with Gasteiger partial charge in [0.2, 0.25) is 0 Å². The molecule has 0 bridgehead atoms. The van der Waals surface area contributed by atoms with Gasteiger partial charge in [0.15, 0.2) is 0 Å². The summed E-state index contributed by atoms with van der Waals surface area (Å²) in [5.74, 6) is 0. The normalized spacial score (nSPS) is 13.8. The van der Waals surface area contributed by atoms with Crippen molar-refractivity contribution in [3.05, 3.63) is 101 Å². The third-order valence-electron chi connectivity index (χ3n) is 5.84. The third kappa shape index (κ3) is 4.27. The molecule has 152 valence electrons. The Balaban J connectivity index is 1.82. The van der Waals surface area contributed by atoms with E-state index in [0.717, 1.165) is 12.0 Å². The lowest BCUT2D eigenvalue weighted by atomic mass is 9.93. The van der Waals surface area contributed by atoms with Crippen molar-refractivity contribution in [1.82, 2.24) is 0 Å². The average molecular weight is 411 g/mol. The molecule has 1 aromatic heterocycles. The van der Waals surface area contributed by atoms with E-state index in [-0.39, 0.29) is 0 Å². The van der Waals surface area contributed by atoms with Crippen LogP contribution in [0.25, 0.3) is 26.1 Å². The number of thiophene rings is 1. The highest BCUT2D eigenvalue weighted by molar-refractivity contribution is 7.22. The number of hydrogen-bond acceptors (Lipinski definition) is 1. The van der Waals surface area contributed by atoms with Crippen LogP contribution in [0.1, 0.15) is 49.3 Å². The minimum absolute atomic E-state index is 1.04. The van der Waals surface area contributed by atoms with Gasteiger partial charge < -0.3 is 0 Å². The monoisotopic (exact) mass is 410 g/mol. The predicted molar refractivity (Wildman–Crippen MR) is 135 cm³/mol. The summed E-state index contributed by atoms with van der Waals surface area (Å²) in [5, 5.41) is 1.31. The molecule has 0 spiro atoms. The highest BCUT2D eigenvalue weighted by atomic mass is 32.1. The number of fused-ring (bicyclic) bond motifs is 1. The van der Waals surface area contributed by atoms with Gasteiger partial charge in [-0.3, -0.25) is 0 Å². The molecule has 0 nitrogen and oxygen atoms in total. The first-order valence-corrected chi connectivity index (χ1v) is 11.7. The van der Waals surface area contributed by atoms with Crippen LogP contribution in [0.15, 0.2) is 84.5 Å². The standard InChI is InChI=1S/C29H30S/c1-5-6-8-23-9-7-10-24(17-14-23)22(4)28-26-18-13-21(3)19-27(26)30-29(28)25-15-11-20(2)12-16-25/h7,10-19H,4-6,8-9H2,1-3H3. The molecule has 0 unspecified atom stereocenters. The SMILES string of the molecule is C=C(C1=CC=C(CCCC)CC=C1)c1c(-c2ccc(C)cc2)sc2cc(C)ccc12. The van der Waals surface area contributed by atoms with Gasteiger partial charge in [-0.2, -0.15) is 0 Å². The van der Waals surface area contributed by atoms with Gasteiger partial charge in [-0.05, 0) is 61.4 Å². The van der Waals surface area contributed by atoms with E-state index in [1.165, 1.54) is 67.6 Å². The summed E-state index contributed by atoms with van der Waals surface area (Å²) in [6.45, 7) is 11.1. The van der Waals surface area contributed by atoms with Crippen LogP contribution in [0.2, 0.25) is 0 Å². The molecule has 0 amide bonds. The first-order valence-electron chi connectivity index (χ1n) is 10.9. The molecule has 0 N–H and O–H groups in total. The summed E-state index contributed by atoms with van der Waals surface area (Å²) < 4.78 is 1.33. The zero-order chi connectivity index (χ0) is 21.1. The van der Waals surface area contributed by atoms with Gasteiger partial charge in [-0.25, -0.2) is 0 Å². The zero-order valence-electron chi connectivity index (χ0n) is 18.3. The molecule has 1 heteroatoms. The van der Waals surface area contributed by atoms with E-state index in [0.29, 0.717) is 0 Å². The molecule has 1 heterocycles. The lowest BCUT2D eigenvalue weighted by Gasteiger charge is -2.10. The van der Waals surface area contributed by atoms with E-state index in [9.17, 15) is 0 Å². The average Bonchev–Trinajstić information content (AvgIpc) is 2.95. The van der Waals surface area contributed by atoms with Gasteiger partial charge in [-0.15, -0.1) is 11.3 Å². The Labute approximate surface area is 185 Å². The molecule has 1 aliphatic rings. The lowest BCUT2D eigenvalue weighted by Crippen LogP contribution is -1.88. The van der Waals surface area contributed by atoms with Gasteiger partial charge in [-0.1, -0.05) is 91.8 Å². The van der Waals surface area contributed by atoms with E-state index in [1.807, 2.05) is 11.3 Å². The smallest absolute Gasteiger partial charge is 0.0433 e. The van der Waals surface area contributed by atoms with E-state index >= 15 is 0 Å². The molecule has 0 fully saturated rings. The second kappa shape index (κ2) is 9.02. The quantitative estimate of drug-likeness (QED) is 0.380. The molecular weight excluding hydrogens is 380 g/mol. The van der Waals surface area contributed by atoms with Gasteiger partial charge >= 0.3 is 0 Å². The van der Waals surface area contributed by atoms with Crippen molar-refractivity contribution in [3.8, 4) is 10.4 Å². The van der Waals surface area contributed by atoms with E-state index in [4.69, 9.17) is 0 Å². The van der Waals surface area contributed by atoms with Crippen LogP contribution in [0.4, 0.5) is 0 Å². The van der Waals surface area contributed by atoms with Crippen molar-refractivity contribution in [3.63, 3.8) is 0 Å². The van der Waals surface area contributed by atoms with Crippen LogP contribution in [0.3, 0.4) is 0 Å². The topological polar surface area (TPSA) is 0 Å². The van der Waals surface area contributed by atoms with Crippen molar-refractivity contribution < 1.29 is 0 Å². The van der Waals surface area contributed by atoms with Crippen molar-refractivity contribution in [1.29, 1.82) is 0 Å². The fourth-order valence-electron chi connectivity index (χ4n) is 4.01. The maximum Gasteiger partial charge on any atom is 0.0433 e. The van der Waals surface area contributed by atoms with Crippen LogP contribution < -0.4 is 0 Å².